The summed E-state index contributed by atoms with van der Waals surface area (Å²) in [5.74, 6) is 0.817. The third kappa shape index (κ3) is 9.49. The van der Waals surface area contributed by atoms with Crippen molar-refractivity contribution in [2.75, 3.05) is 13.1 Å². The summed E-state index contributed by atoms with van der Waals surface area (Å²) in [4.78, 5) is 11.9. The molecule has 0 aromatic heterocycles. The number of rotatable bonds is 8. The third-order valence-corrected chi connectivity index (χ3v) is 4.18. The number of amides is 1. The average Bonchev–Trinajstić information content (AvgIpc) is 2.45. The highest BCUT2D eigenvalue weighted by molar-refractivity contribution is 5.67. The summed E-state index contributed by atoms with van der Waals surface area (Å²) in [6.07, 6.45) is 0.625. The van der Waals surface area contributed by atoms with Crippen LogP contribution in [-0.4, -0.2) is 30.3 Å². The molecule has 0 aliphatic heterocycles. The largest absolute Gasteiger partial charge is 0.444 e. The van der Waals surface area contributed by atoms with Crippen molar-refractivity contribution < 1.29 is 9.53 Å². The lowest BCUT2D eigenvalue weighted by Crippen LogP contribution is -2.47. The third-order valence-electron chi connectivity index (χ3n) is 4.18. The number of hydrogen-bond acceptors (Lipinski definition) is 3. The Morgan fingerprint density at radius 2 is 1.64 bits per heavy atom. The SMILES string of the molecule is CC(C)C(CNC(=O)OC(C)(C)C)CNC(C)(C)Cc1ccccc1. The van der Waals surface area contributed by atoms with E-state index in [1.165, 1.54) is 5.56 Å². The second-order valence-corrected chi connectivity index (χ2v) is 8.81. The van der Waals surface area contributed by atoms with E-state index in [1.807, 2.05) is 26.8 Å². The van der Waals surface area contributed by atoms with Crippen molar-refractivity contribution in [3.05, 3.63) is 35.9 Å². The molecule has 142 valence electrons. The predicted octanol–water partition coefficient (Wildman–Crippen LogP) is 4.39. The Morgan fingerprint density at radius 3 is 2.16 bits per heavy atom. The van der Waals surface area contributed by atoms with Crippen molar-refractivity contribution in [3.8, 4) is 0 Å². The van der Waals surface area contributed by atoms with E-state index in [2.05, 4.69) is 62.6 Å². The molecule has 2 N–H and O–H groups in total. The molecule has 1 aromatic rings. The smallest absolute Gasteiger partial charge is 0.407 e. The molecule has 0 fully saturated rings. The molecule has 1 unspecified atom stereocenters. The van der Waals surface area contributed by atoms with Crippen LogP contribution in [0.3, 0.4) is 0 Å². The molecule has 0 aliphatic rings. The number of benzene rings is 1. The maximum Gasteiger partial charge on any atom is 0.407 e. The van der Waals surface area contributed by atoms with Crippen molar-refractivity contribution in [1.29, 1.82) is 0 Å². The van der Waals surface area contributed by atoms with Crippen molar-refractivity contribution >= 4 is 6.09 Å². The molecule has 1 aromatic carbocycles. The normalized spacial score (nSPS) is 13.6. The van der Waals surface area contributed by atoms with E-state index in [9.17, 15) is 4.79 Å². The maximum absolute atomic E-state index is 11.9. The summed E-state index contributed by atoms with van der Waals surface area (Å²) in [6.45, 7) is 15.9. The van der Waals surface area contributed by atoms with Gasteiger partial charge < -0.3 is 15.4 Å². The molecule has 1 atom stereocenters. The molecule has 25 heavy (non-hydrogen) atoms. The molecule has 1 rings (SSSR count). The number of carbonyl (C=O) groups excluding carboxylic acids is 1. The van der Waals surface area contributed by atoms with Crippen LogP contribution in [0.4, 0.5) is 4.79 Å². The highest BCUT2D eigenvalue weighted by Crippen LogP contribution is 2.15. The summed E-state index contributed by atoms with van der Waals surface area (Å²) in [5, 5.41) is 6.57. The van der Waals surface area contributed by atoms with Crippen LogP contribution in [0.15, 0.2) is 30.3 Å². The van der Waals surface area contributed by atoms with Gasteiger partial charge in [0.15, 0.2) is 0 Å². The lowest BCUT2D eigenvalue weighted by molar-refractivity contribution is 0.0514. The number of carbonyl (C=O) groups is 1. The van der Waals surface area contributed by atoms with Gasteiger partial charge in [0.25, 0.3) is 0 Å². The second kappa shape index (κ2) is 9.23. The van der Waals surface area contributed by atoms with Crippen molar-refractivity contribution in [1.82, 2.24) is 10.6 Å². The summed E-state index contributed by atoms with van der Waals surface area (Å²) >= 11 is 0. The van der Waals surface area contributed by atoms with Crippen molar-refractivity contribution in [2.45, 2.75) is 66.0 Å². The van der Waals surface area contributed by atoms with Crippen LogP contribution in [0, 0.1) is 11.8 Å². The lowest BCUT2D eigenvalue weighted by atomic mass is 9.91. The summed E-state index contributed by atoms with van der Waals surface area (Å²) in [5.41, 5.74) is 0.862. The van der Waals surface area contributed by atoms with Crippen LogP contribution in [0.5, 0.6) is 0 Å². The highest BCUT2D eigenvalue weighted by Gasteiger charge is 2.23. The van der Waals surface area contributed by atoms with Crippen LogP contribution in [-0.2, 0) is 11.2 Å². The summed E-state index contributed by atoms with van der Waals surface area (Å²) in [6, 6.07) is 10.5. The minimum absolute atomic E-state index is 0.000409. The summed E-state index contributed by atoms with van der Waals surface area (Å²) in [7, 11) is 0. The zero-order valence-corrected chi connectivity index (χ0v) is 17.0. The first kappa shape index (κ1) is 21.5. The minimum Gasteiger partial charge on any atom is -0.444 e. The first-order valence-electron chi connectivity index (χ1n) is 9.24. The first-order chi connectivity index (χ1) is 11.5. The number of nitrogens with one attached hydrogen (secondary N) is 2. The van der Waals surface area contributed by atoms with Crippen LogP contribution in [0.1, 0.15) is 54.0 Å². The van der Waals surface area contributed by atoms with Gasteiger partial charge >= 0.3 is 6.09 Å². The molecule has 0 bridgehead atoms. The van der Waals surface area contributed by atoms with Gasteiger partial charge in [-0.05, 0) is 58.4 Å². The molecular formula is C21H36N2O2. The van der Waals surface area contributed by atoms with E-state index in [0.717, 1.165) is 13.0 Å². The fourth-order valence-electron chi connectivity index (χ4n) is 2.65. The van der Waals surface area contributed by atoms with Gasteiger partial charge in [0.2, 0.25) is 0 Å². The van der Waals surface area contributed by atoms with E-state index in [4.69, 9.17) is 4.74 Å². The van der Waals surface area contributed by atoms with Gasteiger partial charge in [0.05, 0.1) is 0 Å². The molecule has 4 heteroatoms. The van der Waals surface area contributed by atoms with Gasteiger partial charge in [0, 0.05) is 18.6 Å². The molecule has 0 aliphatic carbocycles. The molecular weight excluding hydrogens is 312 g/mol. The molecule has 0 spiro atoms. The fraction of sp³-hybridized carbons (Fsp3) is 0.667. The van der Waals surface area contributed by atoms with Crippen LogP contribution < -0.4 is 10.6 Å². The van der Waals surface area contributed by atoms with Gasteiger partial charge in [0.1, 0.15) is 5.60 Å². The quantitative estimate of drug-likeness (QED) is 0.732. The molecule has 0 saturated carbocycles. The van der Waals surface area contributed by atoms with Crippen molar-refractivity contribution in [2.24, 2.45) is 11.8 Å². The summed E-state index contributed by atoms with van der Waals surface area (Å²) < 4.78 is 5.32. The Morgan fingerprint density at radius 1 is 1.04 bits per heavy atom. The van der Waals surface area contributed by atoms with Crippen LogP contribution in [0.2, 0.25) is 0 Å². The molecule has 4 nitrogen and oxygen atoms in total. The number of hydrogen-bond donors (Lipinski definition) is 2. The topological polar surface area (TPSA) is 50.4 Å². The van der Waals surface area contributed by atoms with E-state index in [-0.39, 0.29) is 11.6 Å². The van der Waals surface area contributed by atoms with E-state index < -0.39 is 5.60 Å². The molecule has 0 radical (unpaired) electrons. The van der Waals surface area contributed by atoms with Crippen molar-refractivity contribution in [3.63, 3.8) is 0 Å². The first-order valence-corrected chi connectivity index (χ1v) is 9.24. The second-order valence-electron chi connectivity index (χ2n) is 8.81. The van der Waals surface area contributed by atoms with Gasteiger partial charge in [-0.15, -0.1) is 0 Å². The van der Waals surface area contributed by atoms with Gasteiger partial charge in [-0.25, -0.2) is 4.79 Å². The highest BCUT2D eigenvalue weighted by atomic mass is 16.6. The standard InChI is InChI=1S/C21H36N2O2/c1-16(2)18(14-22-19(24)25-20(3,4)5)15-23-21(6,7)13-17-11-9-8-10-12-17/h8-12,16,18,23H,13-15H2,1-7H3,(H,22,24). The van der Waals surface area contributed by atoms with E-state index in [0.29, 0.717) is 18.4 Å². The Balaban J connectivity index is 2.50. The Hall–Kier alpha value is -1.55. The maximum atomic E-state index is 11.9. The van der Waals surface area contributed by atoms with Gasteiger partial charge in [-0.1, -0.05) is 44.2 Å². The Bertz CT molecular complexity index is 518. The van der Waals surface area contributed by atoms with E-state index in [1.54, 1.807) is 0 Å². The Labute approximate surface area is 153 Å². The zero-order chi connectivity index (χ0) is 19.1. The number of ether oxygens (including phenoxy) is 1. The Kier molecular flexibility index (Phi) is 7.94. The van der Waals surface area contributed by atoms with Gasteiger partial charge in [-0.2, -0.15) is 0 Å². The average molecular weight is 349 g/mol. The number of alkyl carbamates (subject to hydrolysis) is 1. The minimum atomic E-state index is -0.465. The van der Waals surface area contributed by atoms with Gasteiger partial charge in [-0.3, -0.25) is 0 Å². The molecule has 0 saturated heterocycles. The fourth-order valence-corrected chi connectivity index (χ4v) is 2.65. The zero-order valence-electron chi connectivity index (χ0n) is 17.0. The monoisotopic (exact) mass is 348 g/mol. The molecule has 0 heterocycles. The van der Waals surface area contributed by atoms with E-state index >= 15 is 0 Å². The predicted molar refractivity (Wildman–Crippen MR) is 105 cm³/mol. The van der Waals surface area contributed by atoms with Crippen LogP contribution >= 0.6 is 0 Å². The lowest BCUT2D eigenvalue weighted by Gasteiger charge is -2.31. The molecule has 1 amide bonds. The van der Waals surface area contributed by atoms with Crippen LogP contribution in [0.25, 0.3) is 0 Å².